The molecular formula is C13H14ClN3O2S. The third kappa shape index (κ3) is 4.71. The largest absolute Gasteiger partial charge is 0.484 e. The maximum atomic E-state index is 11.6. The van der Waals surface area contributed by atoms with Crippen molar-refractivity contribution in [3.05, 3.63) is 40.4 Å². The van der Waals surface area contributed by atoms with E-state index in [4.69, 9.17) is 22.1 Å². The van der Waals surface area contributed by atoms with Crippen LogP contribution in [0.1, 0.15) is 5.69 Å². The smallest absolute Gasteiger partial charge is 0.257 e. The molecule has 0 bridgehead atoms. The zero-order valence-corrected chi connectivity index (χ0v) is 12.2. The summed E-state index contributed by atoms with van der Waals surface area (Å²) in [6.07, 6.45) is 0.653. The summed E-state index contributed by atoms with van der Waals surface area (Å²) >= 11 is 7.14. The number of aromatic nitrogens is 1. The Labute approximate surface area is 125 Å². The van der Waals surface area contributed by atoms with Gasteiger partial charge in [-0.3, -0.25) is 4.79 Å². The Morgan fingerprint density at radius 1 is 1.40 bits per heavy atom. The van der Waals surface area contributed by atoms with Crippen LogP contribution in [0.5, 0.6) is 5.75 Å². The predicted octanol–water partition coefficient (Wildman–Crippen LogP) is 2.12. The number of nitrogen functional groups attached to an aromatic ring is 1. The molecule has 1 heterocycles. The van der Waals surface area contributed by atoms with Gasteiger partial charge in [-0.05, 0) is 24.3 Å². The third-order valence-corrected chi connectivity index (χ3v) is 3.43. The van der Waals surface area contributed by atoms with Crippen molar-refractivity contribution in [3.8, 4) is 5.75 Å². The van der Waals surface area contributed by atoms with Crippen molar-refractivity contribution in [1.82, 2.24) is 10.3 Å². The second kappa shape index (κ2) is 7.12. The fraction of sp³-hybridized carbons (Fsp3) is 0.231. The molecule has 5 nitrogen and oxygen atoms in total. The number of hydrogen-bond donors (Lipinski definition) is 2. The summed E-state index contributed by atoms with van der Waals surface area (Å²) in [5, 5.41) is 5.80. The number of benzene rings is 1. The summed E-state index contributed by atoms with van der Waals surface area (Å²) in [6, 6.07) is 6.85. The predicted molar refractivity (Wildman–Crippen MR) is 80.2 cm³/mol. The van der Waals surface area contributed by atoms with Gasteiger partial charge < -0.3 is 15.8 Å². The number of halogens is 1. The Morgan fingerprint density at radius 3 is 2.80 bits per heavy atom. The van der Waals surface area contributed by atoms with E-state index in [9.17, 15) is 4.79 Å². The van der Waals surface area contributed by atoms with E-state index in [2.05, 4.69) is 10.3 Å². The summed E-state index contributed by atoms with van der Waals surface area (Å²) in [5.41, 5.74) is 6.40. The van der Waals surface area contributed by atoms with Crippen LogP contribution in [0, 0.1) is 0 Å². The Morgan fingerprint density at radius 2 is 2.15 bits per heavy atom. The first-order valence-electron chi connectivity index (χ1n) is 5.98. The van der Waals surface area contributed by atoms with Crippen molar-refractivity contribution >= 4 is 34.0 Å². The van der Waals surface area contributed by atoms with Crippen molar-refractivity contribution in [1.29, 1.82) is 0 Å². The lowest BCUT2D eigenvalue weighted by Gasteiger charge is -2.06. The molecule has 0 atom stereocenters. The first kappa shape index (κ1) is 14.6. The molecule has 0 unspecified atom stereocenters. The van der Waals surface area contributed by atoms with Crippen molar-refractivity contribution < 1.29 is 9.53 Å². The Kier molecular flexibility index (Phi) is 5.20. The highest BCUT2D eigenvalue weighted by Gasteiger charge is 2.04. The van der Waals surface area contributed by atoms with E-state index in [1.807, 2.05) is 5.38 Å². The zero-order chi connectivity index (χ0) is 14.4. The highest BCUT2D eigenvalue weighted by molar-refractivity contribution is 7.13. The molecule has 1 aromatic heterocycles. The molecule has 3 N–H and O–H groups in total. The van der Waals surface area contributed by atoms with E-state index in [0.29, 0.717) is 28.9 Å². The van der Waals surface area contributed by atoms with E-state index in [-0.39, 0.29) is 12.5 Å². The van der Waals surface area contributed by atoms with Gasteiger partial charge in [-0.2, -0.15) is 0 Å². The molecule has 0 saturated carbocycles. The van der Waals surface area contributed by atoms with Gasteiger partial charge in [-0.15, -0.1) is 11.3 Å². The quantitative estimate of drug-likeness (QED) is 0.856. The van der Waals surface area contributed by atoms with Gasteiger partial charge in [-0.25, -0.2) is 4.98 Å². The van der Waals surface area contributed by atoms with Crippen LogP contribution >= 0.6 is 22.9 Å². The molecule has 0 fully saturated rings. The molecule has 1 amide bonds. The lowest BCUT2D eigenvalue weighted by atomic mass is 10.3. The summed E-state index contributed by atoms with van der Waals surface area (Å²) < 4.78 is 5.33. The molecule has 0 aliphatic rings. The fourth-order valence-electron chi connectivity index (χ4n) is 1.50. The fourth-order valence-corrected chi connectivity index (χ4v) is 2.22. The van der Waals surface area contributed by atoms with Crippen LogP contribution in [0.4, 0.5) is 5.13 Å². The summed E-state index contributed by atoms with van der Waals surface area (Å²) in [4.78, 5) is 15.7. The number of carbonyl (C=O) groups is 1. The SMILES string of the molecule is Nc1nc(CCNC(=O)COc2ccc(Cl)cc2)cs1. The van der Waals surface area contributed by atoms with Crippen molar-refractivity contribution in [3.63, 3.8) is 0 Å². The lowest BCUT2D eigenvalue weighted by molar-refractivity contribution is -0.123. The number of nitrogens with two attached hydrogens (primary N) is 1. The molecule has 0 aliphatic heterocycles. The van der Waals surface area contributed by atoms with Crippen LogP contribution in [0.15, 0.2) is 29.6 Å². The first-order valence-corrected chi connectivity index (χ1v) is 7.24. The monoisotopic (exact) mass is 311 g/mol. The second-order valence-electron chi connectivity index (χ2n) is 4.02. The summed E-state index contributed by atoms with van der Waals surface area (Å²) in [6.45, 7) is 0.479. The van der Waals surface area contributed by atoms with Gasteiger partial charge >= 0.3 is 0 Å². The van der Waals surface area contributed by atoms with Gasteiger partial charge in [0, 0.05) is 23.4 Å². The number of ether oxygens (including phenoxy) is 1. The summed E-state index contributed by atoms with van der Waals surface area (Å²) in [7, 11) is 0. The Balaban J connectivity index is 1.66. The highest BCUT2D eigenvalue weighted by atomic mass is 35.5. The van der Waals surface area contributed by atoms with Crippen molar-refractivity contribution in [2.45, 2.75) is 6.42 Å². The lowest BCUT2D eigenvalue weighted by Crippen LogP contribution is -2.30. The molecule has 0 aliphatic carbocycles. The van der Waals surface area contributed by atoms with Gasteiger partial charge in [0.2, 0.25) is 0 Å². The Hall–Kier alpha value is -1.79. The number of thiazole rings is 1. The minimum atomic E-state index is -0.178. The average molecular weight is 312 g/mol. The van der Waals surface area contributed by atoms with Crippen LogP contribution < -0.4 is 15.8 Å². The molecule has 106 valence electrons. The second-order valence-corrected chi connectivity index (χ2v) is 5.35. The number of carbonyl (C=O) groups excluding carboxylic acids is 1. The highest BCUT2D eigenvalue weighted by Crippen LogP contribution is 2.15. The molecule has 20 heavy (non-hydrogen) atoms. The average Bonchev–Trinajstić information content (AvgIpc) is 2.84. The van der Waals surface area contributed by atoms with Crippen molar-refractivity contribution in [2.24, 2.45) is 0 Å². The van der Waals surface area contributed by atoms with Gasteiger partial charge in [-0.1, -0.05) is 11.6 Å². The molecule has 2 rings (SSSR count). The minimum absolute atomic E-state index is 0.0269. The van der Waals surface area contributed by atoms with Crippen LogP contribution in [-0.2, 0) is 11.2 Å². The van der Waals surface area contributed by atoms with Gasteiger partial charge in [0.05, 0.1) is 5.69 Å². The van der Waals surface area contributed by atoms with E-state index in [1.165, 1.54) is 11.3 Å². The first-order chi connectivity index (χ1) is 9.63. The molecule has 0 radical (unpaired) electrons. The van der Waals surface area contributed by atoms with Gasteiger partial charge in [0.15, 0.2) is 11.7 Å². The molecule has 2 aromatic rings. The molecule has 0 saturated heterocycles. The minimum Gasteiger partial charge on any atom is -0.484 e. The number of amides is 1. The number of hydrogen-bond acceptors (Lipinski definition) is 5. The van der Waals surface area contributed by atoms with E-state index >= 15 is 0 Å². The standard InChI is InChI=1S/C13H14ClN3O2S/c14-9-1-3-11(4-2-9)19-7-12(18)16-6-5-10-8-20-13(15)17-10/h1-4,8H,5-7H2,(H2,15,17)(H,16,18). The van der Waals surface area contributed by atoms with Crippen LogP contribution in [0.25, 0.3) is 0 Å². The van der Waals surface area contributed by atoms with Crippen molar-refractivity contribution in [2.75, 3.05) is 18.9 Å². The van der Waals surface area contributed by atoms with Crippen LogP contribution in [-0.4, -0.2) is 24.0 Å². The topological polar surface area (TPSA) is 77.2 Å². The Bertz CT molecular complexity index is 571. The zero-order valence-electron chi connectivity index (χ0n) is 10.6. The number of nitrogens with one attached hydrogen (secondary N) is 1. The van der Waals surface area contributed by atoms with Crippen LogP contribution in [0.3, 0.4) is 0 Å². The number of anilines is 1. The van der Waals surface area contributed by atoms with E-state index in [0.717, 1.165) is 5.69 Å². The summed E-state index contributed by atoms with van der Waals surface area (Å²) in [5.74, 6) is 0.431. The normalized spacial score (nSPS) is 10.2. The molecular weight excluding hydrogens is 298 g/mol. The number of nitrogens with zero attached hydrogens (tertiary/aromatic N) is 1. The van der Waals surface area contributed by atoms with Gasteiger partial charge in [0.25, 0.3) is 5.91 Å². The number of rotatable bonds is 6. The molecule has 0 spiro atoms. The maximum Gasteiger partial charge on any atom is 0.257 e. The van der Waals surface area contributed by atoms with Gasteiger partial charge in [0.1, 0.15) is 5.75 Å². The molecule has 1 aromatic carbocycles. The third-order valence-electron chi connectivity index (χ3n) is 2.46. The molecule has 7 heteroatoms. The van der Waals surface area contributed by atoms with E-state index in [1.54, 1.807) is 24.3 Å². The van der Waals surface area contributed by atoms with Crippen LogP contribution in [0.2, 0.25) is 5.02 Å². The maximum absolute atomic E-state index is 11.6. The van der Waals surface area contributed by atoms with E-state index < -0.39 is 0 Å².